The summed E-state index contributed by atoms with van der Waals surface area (Å²) in [5.41, 5.74) is 2.60. The highest BCUT2D eigenvalue weighted by atomic mass is 35.5. The maximum Gasteiger partial charge on any atom is 0.376 e. The third-order valence-corrected chi connectivity index (χ3v) is 2.97. The molecule has 0 spiro atoms. The van der Waals surface area contributed by atoms with Crippen molar-refractivity contribution in [2.24, 2.45) is 0 Å². The van der Waals surface area contributed by atoms with Crippen LogP contribution in [0.25, 0.3) is 0 Å². The summed E-state index contributed by atoms with van der Waals surface area (Å²) in [6, 6.07) is 5.46. The van der Waals surface area contributed by atoms with Crippen molar-refractivity contribution in [2.45, 2.75) is 19.2 Å². The number of hydrogen-bond donors (Lipinski definition) is 0. The zero-order valence-electron chi connectivity index (χ0n) is 9.41. The van der Waals surface area contributed by atoms with E-state index in [1.807, 2.05) is 19.9 Å². The molecule has 0 saturated carbocycles. The molecular weight excluding hydrogens is 228 g/mol. The number of methoxy groups -OCH3 is 1. The second-order valence-electron chi connectivity index (χ2n) is 3.51. The molecule has 0 bridgehead atoms. The predicted octanol–water partition coefficient (Wildman–Crippen LogP) is 2.33. The highest BCUT2D eigenvalue weighted by Crippen LogP contribution is 2.26. The number of rotatable bonds is 3. The van der Waals surface area contributed by atoms with Gasteiger partial charge >= 0.3 is 5.97 Å². The molecule has 1 atom stereocenters. The standard InChI is InChI=1S/C12H13ClO3/c1-7-5-4-6-9(8(7)2)10(13)11(14)12(15)16-3/h4-6,10H,1-3H3. The molecule has 1 aromatic rings. The minimum atomic E-state index is -0.979. The van der Waals surface area contributed by atoms with Gasteiger partial charge in [-0.3, -0.25) is 4.79 Å². The van der Waals surface area contributed by atoms with Gasteiger partial charge in [0.25, 0.3) is 5.78 Å². The van der Waals surface area contributed by atoms with Gasteiger partial charge in [-0.15, -0.1) is 11.6 Å². The van der Waals surface area contributed by atoms with E-state index in [4.69, 9.17) is 11.6 Å². The van der Waals surface area contributed by atoms with Gasteiger partial charge in [0.1, 0.15) is 5.38 Å². The number of Topliss-reactive ketones (excluding diaryl/α,β-unsaturated/α-hetero) is 1. The molecule has 0 heterocycles. The SMILES string of the molecule is COC(=O)C(=O)C(Cl)c1cccc(C)c1C. The third kappa shape index (κ3) is 2.42. The first-order valence-corrected chi connectivity index (χ1v) is 5.25. The molecule has 0 aromatic heterocycles. The number of ether oxygens (including phenoxy) is 1. The van der Waals surface area contributed by atoms with Gasteiger partial charge in [0, 0.05) is 0 Å². The summed E-state index contributed by atoms with van der Waals surface area (Å²) in [6.07, 6.45) is 0. The molecule has 86 valence electrons. The largest absolute Gasteiger partial charge is 0.463 e. The molecule has 4 heteroatoms. The molecule has 0 aliphatic rings. The minimum Gasteiger partial charge on any atom is -0.463 e. The van der Waals surface area contributed by atoms with Gasteiger partial charge in [-0.05, 0) is 30.5 Å². The summed E-state index contributed by atoms with van der Waals surface area (Å²) in [5.74, 6) is -1.65. The number of carbonyl (C=O) groups excluding carboxylic acids is 2. The lowest BCUT2D eigenvalue weighted by Crippen LogP contribution is -2.20. The molecule has 3 nitrogen and oxygen atoms in total. The number of ketones is 1. The van der Waals surface area contributed by atoms with Gasteiger partial charge in [-0.2, -0.15) is 0 Å². The molecule has 0 saturated heterocycles. The van der Waals surface area contributed by atoms with Crippen LogP contribution >= 0.6 is 11.6 Å². The first-order chi connectivity index (χ1) is 7.49. The third-order valence-electron chi connectivity index (χ3n) is 2.54. The van der Waals surface area contributed by atoms with E-state index in [0.29, 0.717) is 5.56 Å². The van der Waals surface area contributed by atoms with Crippen molar-refractivity contribution in [1.82, 2.24) is 0 Å². The van der Waals surface area contributed by atoms with Crippen LogP contribution < -0.4 is 0 Å². The molecule has 0 fully saturated rings. The van der Waals surface area contributed by atoms with Crippen molar-refractivity contribution in [3.63, 3.8) is 0 Å². The fourth-order valence-corrected chi connectivity index (χ4v) is 1.72. The van der Waals surface area contributed by atoms with Crippen LogP contribution in [0.5, 0.6) is 0 Å². The fraction of sp³-hybridized carbons (Fsp3) is 0.333. The first-order valence-electron chi connectivity index (χ1n) is 4.81. The highest BCUT2D eigenvalue weighted by molar-refractivity contribution is 6.47. The van der Waals surface area contributed by atoms with Gasteiger partial charge in [-0.1, -0.05) is 18.2 Å². The van der Waals surface area contributed by atoms with Crippen molar-refractivity contribution in [3.05, 3.63) is 34.9 Å². The number of aryl methyl sites for hydroxylation is 1. The molecule has 1 unspecified atom stereocenters. The topological polar surface area (TPSA) is 43.4 Å². The van der Waals surface area contributed by atoms with Crippen LogP contribution in [0.1, 0.15) is 22.1 Å². The molecule has 0 radical (unpaired) electrons. The lowest BCUT2D eigenvalue weighted by atomic mass is 9.99. The summed E-state index contributed by atoms with van der Waals surface area (Å²) in [7, 11) is 1.16. The molecule has 0 aliphatic heterocycles. The normalized spacial score (nSPS) is 12.0. The smallest absolute Gasteiger partial charge is 0.376 e. The van der Waals surface area contributed by atoms with E-state index < -0.39 is 17.1 Å². The molecule has 1 rings (SSSR count). The Morgan fingerprint density at radius 3 is 2.50 bits per heavy atom. The van der Waals surface area contributed by atoms with Gasteiger partial charge < -0.3 is 4.74 Å². The van der Waals surface area contributed by atoms with Gasteiger partial charge in [0.2, 0.25) is 0 Å². The van der Waals surface area contributed by atoms with E-state index in [1.54, 1.807) is 12.1 Å². The molecule has 0 amide bonds. The van der Waals surface area contributed by atoms with Crippen molar-refractivity contribution < 1.29 is 14.3 Å². The van der Waals surface area contributed by atoms with Crippen molar-refractivity contribution in [3.8, 4) is 0 Å². The number of halogens is 1. The van der Waals surface area contributed by atoms with Crippen molar-refractivity contribution >= 4 is 23.4 Å². The summed E-state index contributed by atoms with van der Waals surface area (Å²) in [4.78, 5) is 22.6. The Morgan fingerprint density at radius 1 is 1.31 bits per heavy atom. The van der Waals surface area contributed by atoms with E-state index in [0.717, 1.165) is 18.2 Å². The first kappa shape index (κ1) is 12.7. The quantitative estimate of drug-likeness (QED) is 0.463. The Hall–Kier alpha value is -1.35. The molecule has 16 heavy (non-hydrogen) atoms. The lowest BCUT2D eigenvalue weighted by molar-refractivity contribution is -0.151. The summed E-state index contributed by atoms with van der Waals surface area (Å²) < 4.78 is 4.35. The van der Waals surface area contributed by atoms with Crippen LogP contribution in [-0.2, 0) is 14.3 Å². The average molecular weight is 241 g/mol. The Kier molecular flexibility index (Phi) is 4.07. The van der Waals surface area contributed by atoms with Crippen LogP contribution in [-0.4, -0.2) is 18.9 Å². The molecular formula is C12H13ClO3. The van der Waals surface area contributed by atoms with E-state index >= 15 is 0 Å². The van der Waals surface area contributed by atoms with Gasteiger partial charge in [-0.25, -0.2) is 4.79 Å². The maximum atomic E-state index is 11.5. The Bertz CT molecular complexity index is 426. The number of benzene rings is 1. The zero-order chi connectivity index (χ0) is 12.3. The fourth-order valence-electron chi connectivity index (χ4n) is 1.39. The van der Waals surface area contributed by atoms with Crippen molar-refractivity contribution in [2.75, 3.05) is 7.11 Å². The second kappa shape index (κ2) is 5.12. The van der Waals surface area contributed by atoms with Crippen LogP contribution in [0.15, 0.2) is 18.2 Å². The van der Waals surface area contributed by atoms with Crippen molar-refractivity contribution in [1.29, 1.82) is 0 Å². The molecule has 0 N–H and O–H groups in total. The summed E-state index contributed by atoms with van der Waals surface area (Å²) in [6.45, 7) is 3.79. The Balaban J connectivity index is 3.05. The number of alkyl halides is 1. The van der Waals surface area contributed by atoms with Gasteiger partial charge in [0.05, 0.1) is 7.11 Å². The van der Waals surface area contributed by atoms with Crippen LogP contribution in [0.2, 0.25) is 0 Å². The van der Waals surface area contributed by atoms with Gasteiger partial charge in [0.15, 0.2) is 0 Å². The highest BCUT2D eigenvalue weighted by Gasteiger charge is 2.26. The predicted molar refractivity (Wildman–Crippen MR) is 61.5 cm³/mol. The zero-order valence-corrected chi connectivity index (χ0v) is 10.2. The van der Waals surface area contributed by atoms with E-state index in [9.17, 15) is 9.59 Å². The monoisotopic (exact) mass is 240 g/mol. The van der Waals surface area contributed by atoms with Crippen LogP contribution in [0.4, 0.5) is 0 Å². The van der Waals surface area contributed by atoms with Crippen LogP contribution in [0, 0.1) is 13.8 Å². The van der Waals surface area contributed by atoms with Crippen LogP contribution in [0.3, 0.4) is 0 Å². The van der Waals surface area contributed by atoms with E-state index in [-0.39, 0.29) is 0 Å². The second-order valence-corrected chi connectivity index (χ2v) is 3.94. The Morgan fingerprint density at radius 2 is 1.94 bits per heavy atom. The lowest BCUT2D eigenvalue weighted by Gasteiger charge is -2.12. The summed E-state index contributed by atoms with van der Waals surface area (Å²) in [5, 5.41) is -0.979. The van der Waals surface area contributed by atoms with E-state index in [1.165, 1.54) is 0 Å². The van der Waals surface area contributed by atoms with E-state index in [2.05, 4.69) is 4.74 Å². The minimum absolute atomic E-state index is 0.650. The number of carbonyl (C=O) groups is 2. The Labute approximate surface area is 99.4 Å². The maximum absolute atomic E-state index is 11.5. The molecule has 1 aromatic carbocycles. The number of hydrogen-bond acceptors (Lipinski definition) is 3. The molecule has 0 aliphatic carbocycles. The number of esters is 1. The summed E-state index contributed by atoms with van der Waals surface area (Å²) >= 11 is 5.96. The average Bonchev–Trinajstić information content (AvgIpc) is 2.29.